The van der Waals surface area contributed by atoms with Crippen molar-refractivity contribution in [1.82, 2.24) is 4.90 Å². The van der Waals surface area contributed by atoms with Gasteiger partial charge in [0.1, 0.15) is 12.6 Å². The van der Waals surface area contributed by atoms with E-state index in [1.165, 1.54) is 49.0 Å². The average Bonchev–Trinajstić information content (AvgIpc) is 3.48. The van der Waals surface area contributed by atoms with Gasteiger partial charge in [-0.15, -0.1) is 0 Å². The summed E-state index contributed by atoms with van der Waals surface area (Å²) in [6, 6.07) is 23.2. The van der Waals surface area contributed by atoms with Gasteiger partial charge in [0.15, 0.2) is 0 Å². The van der Waals surface area contributed by atoms with E-state index >= 15 is 0 Å². The molecule has 3 aromatic carbocycles. The van der Waals surface area contributed by atoms with E-state index < -0.39 is 12.1 Å². The molecule has 6 nitrogen and oxygen atoms in total. The van der Waals surface area contributed by atoms with Gasteiger partial charge in [0.2, 0.25) is 5.91 Å². The standard InChI is InChI=1S/C35H38ClN3O3/c36-30-18-27(35-19-24-15-25(20-35)17-26(16-24)21-35)8-13-31(30)37-28-9-11-29(12-10-28)38-33(40)32-7-4-14-39(32)34(41)42-22-23-5-2-1-3-6-23/h1-3,5-6,8-13,18,24-26,32,37H,4,7,14-17,19-22H2,(H,38,40)/t24?,25?,26?,32-,35?/m0/s1. The lowest BCUT2D eigenvalue weighted by atomic mass is 9.48. The third-order valence-electron chi connectivity index (χ3n) is 10.0. The van der Waals surface area contributed by atoms with E-state index in [1.807, 2.05) is 54.6 Å². The number of likely N-dealkylation sites (tertiary alicyclic amines) is 1. The maximum Gasteiger partial charge on any atom is 0.410 e. The van der Waals surface area contributed by atoms with E-state index in [0.29, 0.717) is 24.1 Å². The van der Waals surface area contributed by atoms with Crippen LogP contribution < -0.4 is 10.6 Å². The second-order valence-electron chi connectivity index (χ2n) is 13.0. The number of nitrogens with zero attached hydrogens (tertiary/aromatic N) is 1. The first-order valence-electron chi connectivity index (χ1n) is 15.4. The molecule has 4 saturated carbocycles. The number of anilines is 3. The van der Waals surface area contributed by atoms with Crippen LogP contribution in [0.4, 0.5) is 21.9 Å². The molecule has 0 spiro atoms. The monoisotopic (exact) mass is 583 g/mol. The van der Waals surface area contributed by atoms with Gasteiger partial charge in [0.05, 0.1) is 10.7 Å². The fourth-order valence-electron chi connectivity index (χ4n) is 8.49. The van der Waals surface area contributed by atoms with Gasteiger partial charge >= 0.3 is 6.09 Å². The first kappa shape index (κ1) is 27.3. The third kappa shape index (κ3) is 5.49. The van der Waals surface area contributed by atoms with Crippen LogP contribution in [0.15, 0.2) is 72.8 Å². The van der Waals surface area contributed by atoms with Crippen LogP contribution in [0, 0.1) is 17.8 Å². The summed E-state index contributed by atoms with van der Waals surface area (Å²) in [5.41, 5.74) is 5.12. The SMILES string of the molecule is O=C(Nc1ccc(Nc2ccc(C34CC5CC(CC(C5)C3)C4)cc2Cl)cc1)[C@@H]1CCCN1C(=O)OCc1ccccc1. The molecule has 8 rings (SSSR count). The first-order valence-corrected chi connectivity index (χ1v) is 15.8. The summed E-state index contributed by atoms with van der Waals surface area (Å²) in [6.45, 7) is 0.699. The number of benzene rings is 3. The zero-order valence-electron chi connectivity index (χ0n) is 23.9. The zero-order valence-corrected chi connectivity index (χ0v) is 24.6. The van der Waals surface area contributed by atoms with Crippen molar-refractivity contribution in [3.63, 3.8) is 0 Å². The van der Waals surface area contributed by atoms with Gasteiger partial charge in [0.25, 0.3) is 0 Å². The predicted octanol–water partition coefficient (Wildman–Crippen LogP) is 8.29. The van der Waals surface area contributed by atoms with Crippen LogP contribution >= 0.6 is 11.6 Å². The number of carbonyl (C=O) groups excluding carboxylic acids is 2. The highest BCUT2D eigenvalue weighted by atomic mass is 35.5. The van der Waals surface area contributed by atoms with E-state index in [1.54, 1.807) is 0 Å². The first-order chi connectivity index (χ1) is 20.4. The molecule has 0 aromatic heterocycles. The van der Waals surface area contributed by atoms with Crippen molar-refractivity contribution in [2.45, 2.75) is 69.4 Å². The van der Waals surface area contributed by atoms with Gasteiger partial charge < -0.3 is 15.4 Å². The Morgan fingerprint density at radius 2 is 1.55 bits per heavy atom. The molecule has 2 N–H and O–H groups in total. The highest BCUT2D eigenvalue weighted by molar-refractivity contribution is 6.33. The van der Waals surface area contributed by atoms with Crippen LogP contribution in [-0.2, 0) is 21.6 Å². The van der Waals surface area contributed by atoms with Gasteiger partial charge in [-0.05, 0) is 122 Å². The summed E-state index contributed by atoms with van der Waals surface area (Å²) in [5, 5.41) is 7.17. The van der Waals surface area contributed by atoms with Crippen LogP contribution in [0.3, 0.4) is 0 Å². The fraction of sp³-hybridized carbons (Fsp3) is 0.429. The van der Waals surface area contributed by atoms with Crippen molar-refractivity contribution < 1.29 is 14.3 Å². The molecule has 4 aliphatic carbocycles. The molecular weight excluding hydrogens is 546 g/mol. The zero-order chi connectivity index (χ0) is 28.7. The lowest BCUT2D eigenvalue weighted by Crippen LogP contribution is -2.48. The molecule has 4 bridgehead atoms. The molecular formula is C35H38ClN3O3. The fourth-order valence-corrected chi connectivity index (χ4v) is 8.72. The summed E-state index contributed by atoms with van der Waals surface area (Å²) in [6.07, 6.45) is 9.19. The lowest BCUT2D eigenvalue weighted by Gasteiger charge is -2.57. The van der Waals surface area contributed by atoms with Gasteiger partial charge in [-0.1, -0.05) is 48.0 Å². The Morgan fingerprint density at radius 1 is 0.881 bits per heavy atom. The summed E-state index contributed by atoms with van der Waals surface area (Å²) < 4.78 is 5.48. The maximum absolute atomic E-state index is 13.1. The van der Waals surface area contributed by atoms with Crippen molar-refractivity contribution in [3.05, 3.63) is 88.9 Å². The molecule has 0 unspecified atom stereocenters. The molecule has 5 aliphatic rings. The molecule has 1 atom stereocenters. The Labute approximate surface area is 252 Å². The second kappa shape index (κ2) is 11.3. The summed E-state index contributed by atoms with van der Waals surface area (Å²) in [4.78, 5) is 27.3. The number of hydrogen-bond acceptors (Lipinski definition) is 4. The smallest absolute Gasteiger partial charge is 0.410 e. The number of nitrogens with one attached hydrogen (secondary N) is 2. The number of amides is 2. The molecule has 2 amide bonds. The number of rotatable bonds is 7. The Kier molecular flexibility index (Phi) is 7.35. The molecule has 7 heteroatoms. The number of carbonyl (C=O) groups is 2. The molecule has 1 saturated heterocycles. The minimum absolute atomic E-state index is 0.188. The topological polar surface area (TPSA) is 70.7 Å². The van der Waals surface area contributed by atoms with Gasteiger partial charge in [-0.2, -0.15) is 0 Å². The highest BCUT2D eigenvalue weighted by Gasteiger charge is 2.51. The third-order valence-corrected chi connectivity index (χ3v) is 10.4. The summed E-state index contributed by atoms with van der Waals surface area (Å²) in [5.74, 6) is 2.50. The summed E-state index contributed by atoms with van der Waals surface area (Å²) >= 11 is 6.83. The Hall–Kier alpha value is -3.51. The molecule has 1 aliphatic heterocycles. The summed E-state index contributed by atoms with van der Waals surface area (Å²) in [7, 11) is 0. The van der Waals surface area contributed by atoms with Crippen LogP contribution in [0.1, 0.15) is 62.5 Å². The van der Waals surface area contributed by atoms with Crippen LogP contribution in [-0.4, -0.2) is 29.5 Å². The van der Waals surface area contributed by atoms with Crippen LogP contribution in [0.2, 0.25) is 5.02 Å². The molecule has 3 aromatic rings. The van der Waals surface area contributed by atoms with Gasteiger partial charge in [0, 0.05) is 17.9 Å². The van der Waals surface area contributed by atoms with E-state index in [0.717, 1.165) is 46.1 Å². The van der Waals surface area contributed by atoms with E-state index in [-0.39, 0.29) is 12.5 Å². The Balaban J connectivity index is 0.956. The van der Waals surface area contributed by atoms with E-state index in [9.17, 15) is 9.59 Å². The predicted molar refractivity (Wildman–Crippen MR) is 166 cm³/mol. The Bertz CT molecular complexity index is 1420. The normalized spacial score (nSPS) is 27.6. The van der Waals surface area contributed by atoms with Crippen molar-refractivity contribution in [2.75, 3.05) is 17.2 Å². The van der Waals surface area contributed by atoms with Crippen LogP contribution in [0.25, 0.3) is 0 Å². The highest BCUT2D eigenvalue weighted by Crippen LogP contribution is 2.61. The Morgan fingerprint density at radius 3 is 2.21 bits per heavy atom. The molecule has 218 valence electrons. The lowest BCUT2D eigenvalue weighted by molar-refractivity contribution is -0.120. The minimum atomic E-state index is -0.544. The quantitative estimate of drug-likeness (QED) is 0.293. The van der Waals surface area contributed by atoms with Crippen LogP contribution in [0.5, 0.6) is 0 Å². The number of ether oxygens (including phenoxy) is 1. The van der Waals surface area contributed by atoms with Crippen molar-refractivity contribution in [2.24, 2.45) is 17.8 Å². The molecule has 5 fully saturated rings. The minimum Gasteiger partial charge on any atom is -0.445 e. The van der Waals surface area contributed by atoms with Crippen molar-refractivity contribution >= 4 is 40.7 Å². The molecule has 0 radical (unpaired) electrons. The number of hydrogen-bond donors (Lipinski definition) is 2. The molecule has 42 heavy (non-hydrogen) atoms. The maximum atomic E-state index is 13.1. The van der Waals surface area contributed by atoms with Gasteiger partial charge in [-0.3, -0.25) is 9.69 Å². The average molecular weight is 584 g/mol. The number of halogens is 1. The van der Waals surface area contributed by atoms with Gasteiger partial charge in [-0.25, -0.2) is 4.79 Å². The van der Waals surface area contributed by atoms with E-state index in [2.05, 4.69) is 28.8 Å². The van der Waals surface area contributed by atoms with Crippen molar-refractivity contribution in [3.8, 4) is 0 Å². The second-order valence-corrected chi connectivity index (χ2v) is 13.4. The van der Waals surface area contributed by atoms with E-state index in [4.69, 9.17) is 16.3 Å². The molecule has 1 heterocycles. The van der Waals surface area contributed by atoms with Crippen molar-refractivity contribution in [1.29, 1.82) is 0 Å². The largest absolute Gasteiger partial charge is 0.445 e.